The molecule has 0 aromatic heterocycles. The molecule has 142 valence electrons. The molecule has 2 N–H and O–H groups in total. The fourth-order valence-electron chi connectivity index (χ4n) is 2.47. The van der Waals surface area contributed by atoms with Gasteiger partial charge in [0, 0.05) is 23.9 Å². The molecule has 0 aliphatic heterocycles. The number of aliphatic hydroxyl groups is 1. The van der Waals surface area contributed by atoms with E-state index < -0.39 is 15.9 Å². The summed E-state index contributed by atoms with van der Waals surface area (Å²) in [7, 11) is -3.16. The predicted molar refractivity (Wildman–Crippen MR) is 104 cm³/mol. The molecule has 0 unspecified atom stereocenters. The number of aliphatic hydroxyl groups excluding tert-OH is 1. The third-order valence-electron chi connectivity index (χ3n) is 3.80. The molecule has 7 heteroatoms. The molecule has 0 amide bonds. The number of ether oxygens (including phenoxy) is 1. The maximum atomic E-state index is 11.1. The lowest BCUT2D eigenvalue weighted by Gasteiger charge is -2.18. The predicted octanol–water partition coefficient (Wildman–Crippen LogP) is 2.98. The number of hydrogen-bond acceptors (Lipinski definition) is 5. The van der Waals surface area contributed by atoms with Gasteiger partial charge >= 0.3 is 0 Å². The Balaban J connectivity index is 1.81. The summed E-state index contributed by atoms with van der Waals surface area (Å²) in [5.41, 5.74) is 1.87. The number of benzene rings is 2. The first-order valence-electron chi connectivity index (χ1n) is 8.29. The summed E-state index contributed by atoms with van der Waals surface area (Å²) in [4.78, 5) is 0. The average Bonchev–Trinajstić information content (AvgIpc) is 2.58. The summed E-state index contributed by atoms with van der Waals surface area (Å²) in [5.74, 6) is 0.197. The van der Waals surface area contributed by atoms with Crippen LogP contribution in [0.2, 0.25) is 5.02 Å². The van der Waals surface area contributed by atoms with Crippen LogP contribution in [0.25, 0.3) is 0 Å². The van der Waals surface area contributed by atoms with Gasteiger partial charge in [0.2, 0.25) is 0 Å². The standard InChI is InChI=1S/C19H24ClNO4S/c1-14(21-12-19(22)16-4-3-5-17(20)11-16)10-15-6-8-18(9-7-15)25-13-26(2,23)24/h3-9,11,14,19,21-22H,10,12-13H2,1-2H3/t14-,19+/m1/s1. The molecular formula is C19H24ClNO4S. The Kier molecular flexibility index (Phi) is 7.46. The molecule has 0 heterocycles. The van der Waals surface area contributed by atoms with Gasteiger partial charge in [0.25, 0.3) is 0 Å². The molecule has 0 saturated carbocycles. The Hall–Kier alpha value is -1.60. The van der Waals surface area contributed by atoms with E-state index in [1.165, 1.54) is 0 Å². The number of sulfone groups is 1. The molecule has 0 bridgehead atoms. The highest BCUT2D eigenvalue weighted by molar-refractivity contribution is 7.90. The lowest BCUT2D eigenvalue weighted by molar-refractivity contribution is 0.170. The molecule has 0 aliphatic rings. The normalized spacial score (nSPS) is 14.0. The van der Waals surface area contributed by atoms with Gasteiger partial charge in [-0.25, -0.2) is 8.42 Å². The Morgan fingerprint density at radius 3 is 2.50 bits per heavy atom. The zero-order valence-electron chi connectivity index (χ0n) is 14.9. The summed E-state index contributed by atoms with van der Waals surface area (Å²) in [6, 6.07) is 14.7. The highest BCUT2D eigenvalue weighted by Crippen LogP contribution is 2.18. The van der Waals surface area contributed by atoms with Crippen LogP contribution in [0.15, 0.2) is 48.5 Å². The van der Waals surface area contributed by atoms with Gasteiger partial charge in [0.15, 0.2) is 15.8 Å². The first-order valence-corrected chi connectivity index (χ1v) is 10.7. The van der Waals surface area contributed by atoms with Gasteiger partial charge in [-0.15, -0.1) is 0 Å². The van der Waals surface area contributed by atoms with Crippen molar-refractivity contribution in [2.45, 2.75) is 25.5 Å². The smallest absolute Gasteiger partial charge is 0.188 e. The summed E-state index contributed by atoms with van der Waals surface area (Å²) in [6.07, 6.45) is 1.28. The van der Waals surface area contributed by atoms with Gasteiger partial charge in [0.05, 0.1) is 6.10 Å². The van der Waals surface area contributed by atoms with Crippen molar-refractivity contribution in [3.63, 3.8) is 0 Å². The molecule has 2 rings (SSSR count). The minimum absolute atomic E-state index is 0.159. The van der Waals surface area contributed by atoms with Gasteiger partial charge in [-0.3, -0.25) is 0 Å². The Labute approximate surface area is 159 Å². The first-order chi connectivity index (χ1) is 12.2. The van der Waals surface area contributed by atoms with Gasteiger partial charge in [0.1, 0.15) is 5.75 Å². The van der Waals surface area contributed by atoms with Gasteiger partial charge in [-0.2, -0.15) is 0 Å². The topological polar surface area (TPSA) is 75.6 Å². The zero-order chi connectivity index (χ0) is 19.2. The van der Waals surface area contributed by atoms with Crippen LogP contribution in [0.3, 0.4) is 0 Å². The van der Waals surface area contributed by atoms with E-state index in [0.29, 0.717) is 17.3 Å². The van der Waals surface area contributed by atoms with E-state index >= 15 is 0 Å². The highest BCUT2D eigenvalue weighted by atomic mass is 35.5. The summed E-state index contributed by atoms with van der Waals surface area (Å²) in [6.45, 7) is 2.47. The Morgan fingerprint density at radius 1 is 1.19 bits per heavy atom. The third-order valence-corrected chi connectivity index (χ3v) is 4.58. The summed E-state index contributed by atoms with van der Waals surface area (Å²) < 4.78 is 27.4. The van der Waals surface area contributed by atoms with E-state index in [0.717, 1.165) is 23.8 Å². The number of halogens is 1. The van der Waals surface area contributed by atoms with Crippen LogP contribution in [-0.2, 0) is 16.3 Å². The Morgan fingerprint density at radius 2 is 1.88 bits per heavy atom. The molecular weight excluding hydrogens is 374 g/mol. The van der Waals surface area contributed by atoms with Crippen LogP contribution in [0, 0.1) is 0 Å². The number of nitrogens with one attached hydrogen (secondary N) is 1. The van der Waals surface area contributed by atoms with Crippen molar-refractivity contribution in [3.05, 3.63) is 64.7 Å². The fraction of sp³-hybridized carbons (Fsp3) is 0.368. The van der Waals surface area contributed by atoms with E-state index in [1.807, 2.05) is 31.2 Å². The molecule has 2 atom stereocenters. The van der Waals surface area contributed by atoms with E-state index in [-0.39, 0.29) is 12.0 Å². The van der Waals surface area contributed by atoms with E-state index in [9.17, 15) is 13.5 Å². The second kappa shape index (κ2) is 9.37. The van der Waals surface area contributed by atoms with E-state index in [4.69, 9.17) is 16.3 Å². The molecule has 0 saturated heterocycles. The van der Waals surface area contributed by atoms with Crippen molar-refractivity contribution in [2.75, 3.05) is 18.7 Å². The molecule has 26 heavy (non-hydrogen) atoms. The van der Waals surface area contributed by atoms with Crippen molar-refractivity contribution < 1.29 is 18.3 Å². The maximum Gasteiger partial charge on any atom is 0.188 e. The lowest BCUT2D eigenvalue weighted by Crippen LogP contribution is -2.32. The fourth-order valence-corrected chi connectivity index (χ4v) is 3.02. The first kappa shape index (κ1) is 20.7. The van der Waals surface area contributed by atoms with E-state index in [1.54, 1.807) is 24.3 Å². The molecule has 0 fully saturated rings. The molecule has 0 spiro atoms. The van der Waals surface area contributed by atoms with Crippen LogP contribution >= 0.6 is 11.6 Å². The number of hydrogen-bond donors (Lipinski definition) is 2. The molecule has 0 aliphatic carbocycles. The van der Waals surface area contributed by atoms with Crippen molar-refractivity contribution in [2.24, 2.45) is 0 Å². The van der Waals surface area contributed by atoms with Crippen LogP contribution in [-0.4, -0.2) is 38.3 Å². The van der Waals surface area contributed by atoms with E-state index in [2.05, 4.69) is 5.32 Å². The minimum Gasteiger partial charge on any atom is -0.478 e. The van der Waals surface area contributed by atoms with Gasteiger partial charge in [-0.05, 0) is 48.7 Å². The van der Waals surface area contributed by atoms with Crippen LogP contribution in [0.5, 0.6) is 5.75 Å². The van der Waals surface area contributed by atoms with Crippen LogP contribution in [0.4, 0.5) is 0 Å². The van der Waals surface area contributed by atoms with Crippen molar-refractivity contribution in [1.29, 1.82) is 0 Å². The summed E-state index contributed by atoms with van der Waals surface area (Å²) >= 11 is 5.94. The minimum atomic E-state index is -3.16. The van der Waals surface area contributed by atoms with Gasteiger partial charge < -0.3 is 15.2 Å². The maximum absolute atomic E-state index is 11.1. The van der Waals surface area contributed by atoms with Crippen molar-refractivity contribution in [1.82, 2.24) is 5.32 Å². The summed E-state index contributed by atoms with van der Waals surface area (Å²) in [5, 5.41) is 14.1. The largest absolute Gasteiger partial charge is 0.478 e. The van der Waals surface area contributed by atoms with Gasteiger partial charge in [-0.1, -0.05) is 35.9 Å². The lowest BCUT2D eigenvalue weighted by atomic mass is 10.1. The SMILES string of the molecule is C[C@H](Cc1ccc(OCS(C)(=O)=O)cc1)NC[C@H](O)c1cccc(Cl)c1. The second-order valence-electron chi connectivity index (χ2n) is 6.42. The second-order valence-corrected chi connectivity index (χ2v) is 8.94. The molecule has 2 aromatic rings. The van der Waals surface area contributed by atoms with Crippen LogP contribution < -0.4 is 10.1 Å². The quantitative estimate of drug-likeness (QED) is 0.680. The number of rotatable bonds is 9. The molecule has 5 nitrogen and oxygen atoms in total. The van der Waals surface area contributed by atoms with Crippen molar-refractivity contribution >= 4 is 21.4 Å². The monoisotopic (exact) mass is 397 g/mol. The van der Waals surface area contributed by atoms with Crippen molar-refractivity contribution in [3.8, 4) is 5.75 Å². The molecule has 2 aromatic carbocycles. The Bertz CT molecular complexity index is 809. The zero-order valence-corrected chi connectivity index (χ0v) is 16.4. The molecule has 0 radical (unpaired) electrons. The highest BCUT2D eigenvalue weighted by Gasteiger charge is 2.11. The van der Waals surface area contributed by atoms with Crippen LogP contribution in [0.1, 0.15) is 24.2 Å². The third kappa shape index (κ3) is 7.33. The average molecular weight is 398 g/mol.